The number of aryl methyl sites for hydroxylation is 2. The smallest absolute Gasteiger partial charge is 0.101 e. The monoisotopic (exact) mass is 237 g/mol. The molecule has 2 aromatic heterocycles. The van der Waals surface area contributed by atoms with Gasteiger partial charge in [-0.15, -0.1) is 11.3 Å². The topological polar surface area (TPSA) is 50.9 Å². The summed E-state index contributed by atoms with van der Waals surface area (Å²) in [5.41, 5.74) is 1.80. The Kier molecular flexibility index (Phi) is 3.36. The molecule has 0 radical (unpaired) electrons. The molecule has 2 aromatic rings. The van der Waals surface area contributed by atoms with Crippen LogP contribution in [0.15, 0.2) is 17.6 Å². The standard InChI is InChI=1S/C11H15N3OS/c1-3-14-10(4-5-12-14)11(15)6-9-7-16-8(2)13-9/h4-5,7,11,15H,3,6H2,1-2H3. The van der Waals surface area contributed by atoms with Crippen LogP contribution in [0.5, 0.6) is 0 Å². The van der Waals surface area contributed by atoms with Gasteiger partial charge in [-0.2, -0.15) is 5.10 Å². The summed E-state index contributed by atoms with van der Waals surface area (Å²) in [6.45, 7) is 4.75. The van der Waals surface area contributed by atoms with Crippen molar-refractivity contribution in [3.8, 4) is 0 Å². The van der Waals surface area contributed by atoms with E-state index in [2.05, 4.69) is 10.1 Å². The molecule has 1 unspecified atom stereocenters. The number of aliphatic hydroxyl groups is 1. The normalized spacial score (nSPS) is 12.9. The van der Waals surface area contributed by atoms with Crippen molar-refractivity contribution in [1.29, 1.82) is 0 Å². The zero-order valence-electron chi connectivity index (χ0n) is 9.42. The van der Waals surface area contributed by atoms with Gasteiger partial charge in [0.1, 0.15) is 6.10 Å². The molecule has 5 heteroatoms. The summed E-state index contributed by atoms with van der Waals surface area (Å²) in [6.07, 6.45) is 1.74. The van der Waals surface area contributed by atoms with E-state index in [-0.39, 0.29) is 0 Å². The minimum atomic E-state index is -0.524. The minimum absolute atomic E-state index is 0.524. The van der Waals surface area contributed by atoms with Gasteiger partial charge in [0, 0.05) is 24.5 Å². The Balaban J connectivity index is 2.11. The molecule has 2 rings (SSSR count). The van der Waals surface area contributed by atoms with Crippen molar-refractivity contribution in [2.75, 3.05) is 0 Å². The van der Waals surface area contributed by atoms with Gasteiger partial charge in [-0.3, -0.25) is 4.68 Å². The van der Waals surface area contributed by atoms with E-state index in [1.165, 1.54) is 0 Å². The Labute approximate surface area is 98.6 Å². The quantitative estimate of drug-likeness (QED) is 0.884. The van der Waals surface area contributed by atoms with E-state index in [1.807, 2.05) is 30.0 Å². The van der Waals surface area contributed by atoms with Crippen molar-refractivity contribution in [2.24, 2.45) is 0 Å². The van der Waals surface area contributed by atoms with Crippen molar-refractivity contribution in [1.82, 2.24) is 14.8 Å². The van der Waals surface area contributed by atoms with Gasteiger partial charge in [0.25, 0.3) is 0 Å². The number of rotatable bonds is 4. The van der Waals surface area contributed by atoms with Gasteiger partial charge >= 0.3 is 0 Å². The summed E-state index contributed by atoms with van der Waals surface area (Å²) in [4.78, 5) is 4.34. The first-order valence-electron chi connectivity index (χ1n) is 5.31. The maximum absolute atomic E-state index is 10.1. The van der Waals surface area contributed by atoms with Crippen LogP contribution in [0.2, 0.25) is 0 Å². The van der Waals surface area contributed by atoms with Crippen molar-refractivity contribution in [2.45, 2.75) is 32.9 Å². The lowest BCUT2D eigenvalue weighted by molar-refractivity contribution is 0.166. The second kappa shape index (κ2) is 4.76. The Morgan fingerprint density at radius 1 is 1.56 bits per heavy atom. The Hall–Kier alpha value is -1.20. The highest BCUT2D eigenvalue weighted by Crippen LogP contribution is 2.19. The van der Waals surface area contributed by atoms with Crippen molar-refractivity contribution >= 4 is 11.3 Å². The molecular formula is C11H15N3OS. The Morgan fingerprint density at radius 2 is 2.38 bits per heavy atom. The van der Waals surface area contributed by atoms with E-state index in [1.54, 1.807) is 17.5 Å². The van der Waals surface area contributed by atoms with Crippen LogP contribution in [-0.2, 0) is 13.0 Å². The first kappa shape index (κ1) is 11.3. The van der Waals surface area contributed by atoms with Gasteiger partial charge in [-0.05, 0) is 19.9 Å². The number of hydrogen-bond donors (Lipinski definition) is 1. The van der Waals surface area contributed by atoms with Gasteiger partial charge in [0.2, 0.25) is 0 Å². The fourth-order valence-electron chi connectivity index (χ4n) is 1.69. The molecule has 0 saturated heterocycles. The van der Waals surface area contributed by atoms with Gasteiger partial charge in [-0.1, -0.05) is 0 Å². The largest absolute Gasteiger partial charge is 0.386 e. The molecule has 0 bridgehead atoms. The molecule has 0 aliphatic carbocycles. The molecule has 0 fully saturated rings. The van der Waals surface area contributed by atoms with Crippen LogP contribution >= 0.6 is 11.3 Å². The first-order valence-corrected chi connectivity index (χ1v) is 6.19. The number of nitrogens with zero attached hydrogens (tertiary/aromatic N) is 3. The summed E-state index contributed by atoms with van der Waals surface area (Å²) in [5, 5.41) is 17.3. The number of aliphatic hydroxyl groups excluding tert-OH is 1. The van der Waals surface area contributed by atoms with Gasteiger partial charge < -0.3 is 5.11 Å². The number of hydrogen-bond acceptors (Lipinski definition) is 4. The maximum Gasteiger partial charge on any atom is 0.101 e. The molecular weight excluding hydrogens is 222 g/mol. The maximum atomic E-state index is 10.1. The van der Waals surface area contributed by atoms with E-state index in [0.29, 0.717) is 6.42 Å². The average Bonchev–Trinajstić information content (AvgIpc) is 2.86. The lowest BCUT2D eigenvalue weighted by Crippen LogP contribution is -2.10. The summed E-state index contributed by atoms with van der Waals surface area (Å²) in [5.74, 6) is 0. The zero-order chi connectivity index (χ0) is 11.5. The lowest BCUT2D eigenvalue weighted by atomic mass is 10.1. The Morgan fingerprint density at radius 3 is 3.00 bits per heavy atom. The van der Waals surface area contributed by atoms with Crippen molar-refractivity contribution in [3.05, 3.63) is 34.0 Å². The zero-order valence-corrected chi connectivity index (χ0v) is 10.2. The molecule has 86 valence electrons. The van der Waals surface area contributed by atoms with Crippen LogP contribution in [0.4, 0.5) is 0 Å². The van der Waals surface area contributed by atoms with Crippen LogP contribution in [0.25, 0.3) is 0 Å². The van der Waals surface area contributed by atoms with Crippen LogP contribution in [0, 0.1) is 6.92 Å². The van der Waals surface area contributed by atoms with Crippen LogP contribution in [0.1, 0.15) is 29.4 Å². The van der Waals surface area contributed by atoms with Gasteiger partial charge in [0.05, 0.1) is 16.4 Å². The van der Waals surface area contributed by atoms with Gasteiger partial charge in [-0.25, -0.2) is 4.98 Å². The molecule has 1 atom stereocenters. The minimum Gasteiger partial charge on any atom is -0.386 e. The van der Waals surface area contributed by atoms with Crippen molar-refractivity contribution in [3.63, 3.8) is 0 Å². The number of thiazole rings is 1. The highest BCUT2D eigenvalue weighted by atomic mass is 32.1. The summed E-state index contributed by atoms with van der Waals surface area (Å²) < 4.78 is 1.81. The molecule has 1 N–H and O–H groups in total. The molecule has 0 saturated carbocycles. The average molecular weight is 237 g/mol. The van der Waals surface area contributed by atoms with Crippen LogP contribution in [0.3, 0.4) is 0 Å². The first-order chi connectivity index (χ1) is 7.70. The summed E-state index contributed by atoms with van der Waals surface area (Å²) >= 11 is 1.61. The predicted octanol–water partition coefficient (Wildman–Crippen LogP) is 1.94. The van der Waals surface area contributed by atoms with E-state index in [0.717, 1.165) is 22.9 Å². The van der Waals surface area contributed by atoms with E-state index >= 15 is 0 Å². The predicted molar refractivity (Wildman–Crippen MR) is 63.4 cm³/mol. The van der Waals surface area contributed by atoms with E-state index < -0.39 is 6.10 Å². The fraction of sp³-hybridized carbons (Fsp3) is 0.455. The SMILES string of the molecule is CCn1nccc1C(O)Cc1csc(C)n1. The second-order valence-electron chi connectivity index (χ2n) is 3.65. The van der Waals surface area contributed by atoms with Gasteiger partial charge in [0.15, 0.2) is 0 Å². The summed E-state index contributed by atoms with van der Waals surface area (Å²) in [6, 6.07) is 1.85. The lowest BCUT2D eigenvalue weighted by Gasteiger charge is -2.10. The highest BCUT2D eigenvalue weighted by Gasteiger charge is 2.14. The molecule has 2 heterocycles. The molecule has 4 nitrogen and oxygen atoms in total. The van der Waals surface area contributed by atoms with E-state index in [4.69, 9.17) is 0 Å². The molecule has 0 amide bonds. The second-order valence-corrected chi connectivity index (χ2v) is 4.71. The fourth-order valence-corrected chi connectivity index (χ4v) is 2.32. The summed E-state index contributed by atoms with van der Waals surface area (Å²) in [7, 11) is 0. The highest BCUT2D eigenvalue weighted by molar-refractivity contribution is 7.09. The molecule has 0 aliphatic heterocycles. The van der Waals surface area contributed by atoms with Crippen LogP contribution < -0.4 is 0 Å². The molecule has 16 heavy (non-hydrogen) atoms. The third-order valence-electron chi connectivity index (χ3n) is 2.46. The number of aromatic nitrogens is 3. The third-order valence-corrected chi connectivity index (χ3v) is 3.28. The third kappa shape index (κ3) is 2.31. The van der Waals surface area contributed by atoms with E-state index in [9.17, 15) is 5.11 Å². The molecule has 0 aliphatic rings. The molecule has 0 spiro atoms. The Bertz CT molecular complexity index is 463. The van der Waals surface area contributed by atoms with Crippen LogP contribution in [-0.4, -0.2) is 19.9 Å². The molecule has 0 aromatic carbocycles. The van der Waals surface area contributed by atoms with Crippen molar-refractivity contribution < 1.29 is 5.11 Å².